The van der Waals surface area contributed by atoms with Crippen molar-refractivity contribution in [2.45, 2.75) is 12.6 Å². The highest BCUT2D eigenvalue weighted by molar-refractivity contribution is 5.82. The standard InChI is InChI=1S/C15H20N4O2/c1-18(9-11-5-4-6-13(7-11)21-3)15(20)14(16)12-8-17-19(2)10-12/h4-8,10,14H,9,16H2,1-3H3. The molecule has 1 amide bonds. The van der Waals surface area contributed by atoms with Gasteiger partial charge in [0.2, 0.25) is 5.91 Å². The van der Waals surface area contributed by atoms with Crippen LogP contribution in [-0.4, -0.2) is 34.7 Å². The van der Waals surface area contributed by atoms with Gasteiger partial charge in [-0.25, -0.2) is 0 Å². The Balaban J connectivity index is 2.05. The summed E-state index contributed by atoms with van der Waals surface area (Å²) in [7, 11) is 5.14. The Hall–Kier alpha value is -2.34. The van der Waals surface area contributed by atoms with E-state index in [0.717, 1.165) is 11.3 Å². The van der Waals surface area contributed by atoms with Gasteiger partial charge in [0, 0.05) is 32.4 Å². The molecule has 0 radical (unpaired) electrons. The zero-order chi connectivity index (χ0) is 15.4. The molecule has 0 aliphatic heterocycles. The van der Waals surface area contributed by atoms with Gasteiger partial charge in [-0.05, 0) is 17.7 Å². The number of benzene rings is 1. The van der Waals surface area contributed by atoms with Crippen LogP contribution in [0.1, 0.15) is 17.2 Å². The number of hydrogen-bond acceptors (Lipinski definition) is 4. The van der Waals surface area contributed by atoms with Gasteiger partial charge in [0.1, 0.15) is 11.8 Å². The summed E-state index contributed by atoms with van der Waals surface area (Å²) in [5.74, 6) is 0.621. The summed E-state index contributed by atoms with van der Waals surface area (Å²) in [6, 6.07) is 6.91. The number of carbonyl (C=O) groups is 1. The van der Waals surface area contributed by atoms with Gasteiger partial charge in [-0.15, -0.1) is 0 Å². The first-order valence-corrected chi connectivity index (χ1v) is 6.63. The molecule has 0 saturated carbocycles. The molecule has 0 saturated heterocycles. The molecule has 1 aromatic heterocycles. The molecule has 1 unspecified atom stereocenters. The quantitative estimate of drug-likeness (QED) is 0.893. The maximum Gasteiger partial charge on any atom is 0.244 e. The predicted molar refractivity (Wildman–Crippen MR) is 79.6 cm³/mol. The number of ether oxygens (including phenoxy) is 1. The smallest absolute Gasteiger partial charge is 0.244 e. The fourth-order valence-corrected chi connectivity index (χ4v) is 2.10. The van der Waals surface area contributed by atoms with Crippen LogP contribution in [0, 0.1) is 0 Å². The van der Waals surface area contributed by atoms with Gasteiger partial charge in [0.25, 0.3) is 0 Å². The highest BCUT2D eigenvalue weighted by Crippen LogP contribution is 2.16. The number of hydrogen-bond donors (Lipinski definition) is 1. The van der Waals surface area contributed by atoms with Gasteiger partial charge in [-0.2, -0.15) is 5.10 Å². The van der Waals surface area contributed by atoms with Crippen LogP contribution in [0.4, 0.5) is 0 Å². The summed E-state index contributed by atoms with van der Waals surface area (Å²) in [5.41, 5.74) is 7.69. The summed E-state index contributed by atoms with van der Waals surface area (Å²) in [5, 5.41) is 4.04. The van der Waals surface area contributed by atoms with Crippen LogP contribution < -0.4 is 10.5 Å². The predicted octanol–water partition coefficient (Wildman–Crippen LogP) is 1.09. The first-order valence-electron chi connectivity index (χ1n) is 6.63. The molecular formula is C15H20N4O2. The molecule has 0 aliphatic rings. The molecule has 0 spiro atoms. The van der Waals surface area contributed by atoms with Gasteiger partial charge in [-0.1, -0.05) is 12.1 Å². The Morgan fingerprint density at radius 2 is 2.29 bits per heavy atom. The number of methoxy groups -OCH3 is 1. The van der Waals surface area contributed by atoms with E-state index in [1.807, 2.05) is 24.3 Å². The van der Waals surface area contributed by atoms with E-state index in [4.69, 9.17) is 10.5 Å². The van der Waals surface area contributed by atoms with E-state index in [2.05, 4.69) is 5.10 Å². The van der Waals surface area contributed by atoms with Gasteiger partial charge >= 0.3 is 0 Å². The molecule has 0 aliphatic carbocycles. The third-order valence-corrected chi connectivity index (χ3v) is 3.28. The second-order valence-corrected chi connectivity index (χ2v) is 4.97. The minimum Gasteiger partial charge on any atom is -0.497 e. The molecular weight excluding hydrogens is 268 g/mol. The van der Waals surface area contributed by atoms with Crippen LogP contribution in [0.2, 0.25) is 0 Å². The Bertz CT molecular complexity index is 624. The zero-order valence-electron chi connectivity index (χ0n) is 12.5. The molecule has 21 heavy (non-hydrogen) atoms. The van der Waals surface area contributed by atoms with E-state index in [1.54, 1.807) is 43.2 Å². The second kappa shape index (κ2) is 6.41. The van der Waals surface area contributed by atoms with Crippen LogP contribution >= 0.6 is 0 Å². The van der Waals surface area contributed by atoms with E-state index in [0.29, 0.717) is 12.1 Å². The molecule has 6 nitrogen and oxygen atoms in total. The topological polar surface area (TPSA) is 73.4 Å². The van der Waals surface area contributed by atoms with E-state index < -0.39 is 6.04 Å². The molecule has 0 fully saturated rings. The number of amides is 1. The van der Waals surface area contributed by atoms with Gasteiger partial charge in [-0.3, -0.25) is 9.48 Å². The summed E-state index contributed by atoms with van der Waals surface area (Å²) in [6.07, 6.45) is 3.36. The van der Waals surface area contributed by atoms with Gasteiger partial charge < -0.3 is 15.4 Å². The Labute approximate surface area is 124 Å². The maximum atomic E-state index is 12.3. The van der Waals surface area contributed by atoms with Crippen molar-refractivity contribution in [2.24, 2.45) is 12.8 Å². The Kier molecular flexibility index (Phi) is 4.59. The number of nitrogens with zero attached hydrogens (tertiary/aromatic N) is 3. The minimum atomic E-state index is -0.700. The Morgan fingerprint density at radius 3 is 2.90 bits per heavy atom. The van der Waals surface area contributed by atoms with Crippen LogP contribution in [0.15, 0.2) is 36.7 Å². The molecule has 1 atom stereocenters. The lowest BCUT2D eigenvalue weighted by molar-refractivity contribution is -0.131. The van der Waals surface area contributed by atoms with E-state index in [1.165, 1.54) is 0 Å². The molecule has 2 rings (SSSR count). The Morgan fingerprint density at radius 1 is 1.52 bits per heavy atom. The van der Waals surface area contributed by atoms with Gasteiger partial charge in [0.15, 0.2) is 0 Å². The van der Waals surface area contributed by atoms with Crippen LogP contribution in [-0.2, 0) is 18.4 Å². The van der Waals surface area contributed by atoms with Crippen LogP contribution in [0.5, 0.6) is 5.75 Å². The number of aryl methyl sites for hydroxylation is 1. The molecule has 2 aromatic rings. The fraction of sp³-hybridized carbons (Fsp3) is 0.333. The number of carbonyl (C=O) groups excluding carboxylic acids is 1. The molecule has 0 bridgehead atoms. The summed E-state index contributed by atoms with van der Waals surface area (Å²) in [6.45, 7) is 0.476. The van der Waals surface area contributed by atoms with Crippen LogP contribution in [0.3, 0.4) is 0 Å². The third-order valence-electron chi connectivity index (χ3n) is 3.28. The second-order valence-electron chi connectivity index (χ2n) is 4.97. The van der Waals surface area contributed by atoms with Crippen molar-refractivity contribution in [1.82, 2.24) is 14.7 Å². The number of aromatic nitrogens is 2. The molecule has 112 valence electrons. The fourth-order valence-electron chi connectivity index (χ4n) is 2.10. The molecule has 1 aromatic carbocycles. The lowest BCUT2D eigenvalue weighted by atomic mass is 10.1. The summed E-state index contributed by atoms with van der Waals surface area (Å²) in [4.78, 5) is 13.9. The van der Waals surface area contributed by atoms with Crippen LogP contribution in [0.25, 0.3) is 0 Å². The highest BCUT2D eigenvalue weighted by Gasteiger charge is 2.21. The molecule has 2 N–H and O–H groups in total. The summed E-state index contributed by atoms with van der Waals surface area (Å²) < 4.78 is 6.81. The van der Waals surface area contributed by atoms with E-state index in [9.17, 15) is 4.79 Å². The minimum absolute atomic E-state index is 0.147. The SMILES string of the molecule is COc1cccc(CN(C)C(=O)C(N)c2cnn(C)c2)c1. The lowest BCUT2D eigenvalue weighted by Crippen LogP contribution is -2.35. The lowest BCUT2D eigenvalue weighted by Gasteiger charge is -2.21. The first-order chi connectivity index (χ1) is 10.0. The number of rotatable bonds is 5. The van der Waals surface area contributed by atoms with Crippen molar-refractivity contribution >= 4 is 5.91 Å². The number of nitrogens with two attached hydrogens (primary N) is 1. The average Bonchev–Trinajstić information content (AvgIpc) is 2.92. The third kappa shape index (κ3) is 3.61. The van der Waals surface area contributed by atoms with Gasteiger partial charge in [0.05, 0.1) is 13.3 Å². The van der Waals surface area contributed by atoms with Crippen molar-refractivity contribution < 1.29 is 9.53 Å². The first kappa shape index (κ1) is 15.1. The average molecular weight is 288 g/mol. The van der Waals surface area contributed by atoms with Crippen molar-refractivity contribution in [3.8, 4) is 5.75 Å². The molecule has 1 heterocycles. The van der Waals surface area contributed by atoms with Crippen molar-refractivity contribution in [3.05, 3.63) is 47.8 Å². The van der Waals surface area contributed by atoms with Crippen molar-refractivity contribution in [2.75, 3.05) is 14.2 Å². The van der Waals surface area contributed by atoms with E-state index in [-0.39, 0.29) is 5.91 Å². The summed E-state index contributed by atoms with van der Waals surface area (Å²) >= 11 is 0. The van der Waals surface area contributed by atoms with Crippen molar-refractivity contribution in [1.29, 1.82) is 0 Å². The monoisotopic (exact) mass is 288 g/mol. The normalized spacial score (nSPS) is 12.0. The molecule has 6 heteroatoms. The van der Waals surface area contributed by atoms with Crippen molar-refractivity contribution in [3.63, 3.8) is 0 Å². The maximum absolute atomic E-state index is 12.3. The van der Waals surface area contributed by atoms with E-state index >= 15 is 0 Å². The number of likely N-dealkylation sites (N-methyl/N-ethyl adjacent to an activating group) is 1. The zero-order valence-corrected chi connectivity index (χ0v) is 12.5. The largest absolute Gasteiger partial charge is 0.497 e. The highest BCUT2D eigenvalue weighted by atomic mass is 16.5.